The molecule has 0 heterocycles. The van der Waals surface area contributed by atoms with Gasteiger partial charge in [0.2, 0.25) is 0 Å². The fourth-order valence-corrected chi connectivity index (χ4v) is 0.346. The molecule has 0 aliphatic heterocycles. The molecule has 0 amide bonds. The Labute approximate surface area is 66.8 Å². The van der Waals surface area contributed by atoms with E-state index in [2.05, 4.69) is 0 Å². The minimum absolute atomic E-state index is 0. The fourth-order valence-electron chi connectivity index (χ4n) is 0.346. The fraction of sp³-hybridized carbons (Fsp3) is 0.800. The van der Waals surface area contributed by atoms with Gasteiger partial charge in [0.1, 0.15) is 0 Å². The van der Waals surface area contributed by atoms with Crippen molar-refractivity contribution in [3.63, 3.8) is 0 Å². The topological polar surface area (TPSA) is 57.5 Å². The standard InChI is InChI=1S/C5H10O3.Zn/c1-2-4(6)3-5(7)8;/h4,6H,2-3H2,1H3,(H,7,8);. The number of aliphatic hydroxyl groups is 1. The molecule has 1 atom stereocenters. The molecule has 0 saturated carbocycles. The smallest absolute Gasteiger partial charge is 0.305 e. The predicted molar refractivity (Wildman–Crippen MR) is 28.6 cm³/mol. The van der Waals surface area contributed by atoms with Crippen molar-refractivity contribution in [3.05, 3.63) is 0 Å². The molecular formula is C5H10O3Zn. The number of carbonyl (C=O) groups is 1. The van der Waals surface area contributed by atoms with E-state index in [1.807, 2.05) is 0 Å². The normalized spacial score (nSPS) is 11.8. The summed E-state index contributed by atoms with van der Waals surface area (Å²) in [6, 6.07) is 0. The van der Waals surface area contributed by atoms with E-state index >= 15 is 0 Å². The van der Waals surface area contributed by atoms with Crippen LogP contribution in [0.15, 0.2) is 0 Å². The average molecular weight is 184 g/mol. The van der Waals surface area contributed by atoms with Crippen LogP contribution in [0.5, 0.6) is 0 Å². The van der Waals surface area contributed by atoms with Gasteiger partial charge in [-0.1, -0.05) is 6.92 Å². The molecule has 0 fully saturated rings. The molecule has 0 spiro atoms. The van der Waals surface area contributed by atoms with E-state index in [9.17, 15) is 4.79 Å². The summed E-state index contributed by atoms with van der Waals surface area (Å²) in [6.07, 6.45) is -0.310. The van der Waals surface area contributed by atoms with Gasteiger partial charge in [-0.05, 0) is 6.42 Å². The molecule has 0 radical (unpaired) electrons. The maximum atomic E-state index is 9.81. The van der Waals surface area contributed by atoms with Crippen LogP contribution in [0.2, 0.25) is 0 Å². The van der Waals surface area contributed by atoms with E-state index in [1.54, 1.807) is 6.92 Å². The molecule has 0 aromatic heterocycles. The molecule has 0 aliphatic rings. The van der Waals surface area contributed by atoms with Crippen molar-refractivity contribution in [2.24, 2.45) is 0 Å². The molecule has 1 unspecified atom stereocenters. The van der Waals surface area contributed by atoms with Crippen LogP contribution < -0.4 is 0 Å². The minimum Gasteiger partial charge on any atom is -0.481 e. The molecule has 0 bridgehead atoms. The van der Waals surface area contributed by atoms with Crippen molar-refractivity contribution in [1.82, 2.24) is 0 Å². The SMILES string of the molecule is CCC(O)CC(=O)O.[Zn]. The Bertz CT molecular complexity index is 84.3. The van der Waals surface area contributed by atoms with E-state index in [-0.39, 0.29) is 25.9 Å². The summed E-state index contributed by atoms with van der Waals surface area (Å²) in [7, 11) is 0. The van der Waals surface area contributed by atoms with E-state index in [0.717, 1.165) is 0 Å². The Morgan fingerprint density at radius 1 is 1.67 bits per heavy atom. The van der Waals surface area contributed by atoms with E-state index in [4.69, 9.17) is 10.2 Å². The van der Waals surface area contributed by atoms with Gasteiger partial charge in [0.25, 0.3) is 0 Å². The third kappa shape index (κ3) is 8.05. The largest absolute Gasteiger partial charge is 0.481 e. The first-order valence-electron chi connectivity index (χ1n) is 2.56. The van der Waals surface area contributed by atoms with Gasteiger partial charge in [-0.25, -0.2) is 0 Å². The Morgan fingerprint density at radius 2 is 2.11 bits per heavy atom. The maximum absolute atomic E-state index is 9.81. The van der Waals surface area contributed by atoms with Crippen LogP contribution in [0.1, 0.15) is 19.8 Å². The third-order valence-corrected chi connectivity index (χ3v) is 0.881. The monoisotopic (exact) mass is 182 g/mol. The number of carboxylic acids is 1. The van der Waals surface area contributed by atoms with Gasteiger partial charge >= 0.3 is 5.97 Å². The quantitative estimate of drug-likeness (QED) is 0.616. The molecule has 2 N–H and O–H groups in total. The number of aliphatic carboxylic acids is 1. The second-order valence-corrected chi connectivity index (χ2v) is 1.66. The summed E-state index contributed by atoms with van der Waals surface area (Å²) in [5, 5.41) is 16.7. The van der Waals surface area contributed by atoms with Crippen molar-refractivity contribution >= 4 is 5.97 Å². The Balaban J connectivity index is 0. The van der Waals surface area contributed by atoms with Gasteiger partial charge in [-0.2, -0.15) is 0 Å². The number of hydrogen-bond acceptors (Lipinski definition) is 2. The summed E-state index contributed by atoms with van der Waals surface area (Å²) in [5.74, 6) is -0.945. The number of hydrogen-bond donors (Lipinski definition) is 2. The van der Waals surface area contributed by atoms with Crippen molar-refractivity contribution < 1.29 is 34.5 Å². The molecule has 0 saturated heterocycles. The Kier molecular flexibility index (Phi) is 8.10. The van der Waals surface area contributed by atoms with Crippen LogP contribution in [-0.2, 0) is 24.3 Å². The summed E-state index contributed by atoms with van der Waals surface area (Å²) in [6.45, 7) is 1.74. The predicted octanol–water partition coefficient (Wildman–Crippen LogP) is 0.230. The molecule has 0 aliphatic carbocycles. The molecule has 3 nitrogen and oxygen atoms in total. The number of aliphatic hydroxyl groups excluding tert-OH is 1. The van der Waals surface area contributed by atoms with Gasteiger partial charge in [0, 0.05) is 19.5 Å². The van der Waals surface area contributed by atoms with Crippen molar-refractivity contribution in [2.45, 2.75) is 25.9 Å². The molecule has 0 aromatic carbocycles. The van der Waals surface area contributed by atoms with E-state index in [0.29, 0.717) is 6.42 Å². The summed E-state index contributed by atoms with van der Waals surface area (Å²) < 4.78 is 0. The van der Waals surface area contributed by atoms with Gasteiger partial charge in [-0.15, -0.1) is 0 Å². The van der Waals surface area contributed by atoms with Crippen LogP contribution in [-0.4, -0.2) is 22.3 Å². The molecule has 0 aromatic rings. The van der Waals surface area contributed by atoms with Gasteiger partial charge in [0.15, 0.2) is 0 Å². The average Bonchev–Trinajstić information content (AvgIpc) is 1.65. The zero-order valence-electron chi connectivity index (χ0n) is 5.50. The first-order valence-corrected chi connectivity index (χ1v) is 2.56. The number of rotatable bonds is 3. The van der Waals surface area contributed by atoms with Gasteiger partial charge < -0.3 is 10.2 Å². The van der Waals surface area contributed by atoms with Gasteiger partial charge in [-0.3, -0.25) is 4.79 Å². The summed E-state index contributed by atoms with van der Waals surface area (Å²) in [5.41, 5.74) is 0. The number of carboxylic acid groups (broad SMARTS) is 1. The molecule has 0 rings (SSSR count). The summed E-state index contributed by atoms with van der Waals surface area (Å²) in [4.78, 5) is 9.81. The summed E-state index contributed by atoms with van der Waals surface area (Å²) >= 11 is 0. The first-order chi connectivity index (χ1) is 3.66. The minimum atomic E-state index is -0.945. The van der Waals surface area contributed by atoms with Crippen LogP contribution in [0.3, 0.4) is 0 Å². The molecule has 4 heteroatoms. The zero-order valence-corrected chi connectivity index (χ0v) is 8.47. The molecule has 9 heavy (non-hydrogen) atoms. The van der Waals surface area contributed by atoms with Crippen LogP contribution in [0, 0.1) is 0 Å². The van der Waals surface area contributed by atoms with Crippen LogP contribution in [0.25, 0.3) is 0 Å². The van der Waals surface area contributed by atoms with Crippen LogP contribution >= 0.6 is 0 Å². The molecule has 50 valence electrons. The van der Waals surface area contributed by atoms with E-state index in [1.165, 1.54) is 0 Å². The second kappa shape index (κ2) is 6.18. The van der Waals surface area contributed by atoms with Crippen LogP contribution in [0.4, 0.5) is 0 Å². The zero-order chi connectivity index (χ0) is 6.57. The van der Waals surface area contributed by atoms with Crippen molar-refractivity contribution in [2.75, 3.05) is 0 Å². The molecular weight excluding hydrogens is 173 g/mol. The second-order valence-electron chi connectivity index (χ2n) is 1.66. The van der Waals surface area contributed by atoms with Gasteiger partial charge in [0.05, 0.1) is 12.5 Å². The first kappa shape index (κ1) is 11.8. The Hall–Kier alpha value is 0.0534. The van der Waals surface area contributed by atoms with E-state index < -0.39 is 12.1 Å². The van der Waals surface area contributed by atoms with Crippen molar-refractivity contribution in [1.29, 1.82) is 0 Å². The van der Waals surface area contributed by atoms with Crippen molar-refractivity contribution in [3.8, 4) is 0 Å². The Morgan fingerprint density at radius 3 is 2.22 bits per heavy atom. The maximum Gasteiger partial charge on any atom is 0.305 e. The third-order valence-electron chi connectivity index (χ3n) is 0.881.